The van der Waals surface area contributed by atoms with Gasteiger partial charge in [0.1, 0.15) is 6.11 Å². The van der Waals surface area contributed by atoms with Crippen LogP contribution in [0.25, 0.3) is 0 Å². The second-order valence-corrected chi connectivity index (χ2v) is 4.13. The van der Waals surface area contributed by atoms with Gasteiger partial charge in [-0.05, 0) is 60.6 Å². The van der Waals surface area contributed by atoms with Crippen molar-refractivity contribution in [1.82, 2.24) is 0 Å². The molecule has 0 aliphatic rings. The average Bonchev–Trinajstić information content (AvgIpc) is 2.61. The van der Waals surface area contributed by atoms with Gasteiger partial charge in [0.25, 0.3) is 0 Å². The van der Waals surface area contributed by atoms with E-state index in [1.807, 2.05) is 0 Å². The van der Waals surface area contributed by atoms with Gasteiger partial charge in [-0.2, -0.15) is 0 Å². The van der Waals surface area contributed by atoms with E-state index in [2.05, 4.69) is 83.1 Å². The highest BCUT2D eigenvalue weighted by molar-refractivity contribution is 5.92. The van der Waals surface area contributed by atoms with E-state index >= 15 is 0 Å². The maximum Gasteiger partial charge on any atom is 0.352 e. The molecule has 1 aromatic carbocycles. The number of esters is 1. The van der Waals surface area contributed by atoms with Gasteiger partial charge in [-0.3, -0.25) is 0 Å². The van der Waals surface area contributed by atoms with E-state index in [0.717, 1.165) is 0 Å². The van der Waals surface area contributed by atoms with Crippen LogP contribution in [0, 0.1) is 83.1 Å². The fourth-order valence-corrected chi connectivity index (χ4v) is 1.33. The van der Waals surface area contributed by atoms with Gasteiger partial charge >= 0.3 is 5.97 Å². The first-order valence-electron chi connectivity index (χ1n) is 6.92. The Labute approximate surface area is 177 Å². The SMILES string of the molecule is CC#CC#CC#CC#CC#CC#CC#COC(=O)c1cc(N)cc(N)c1.[HH].[HH].[HH].[HH].[HH].[HH].[HH].[HH].[HH].[HH].[HH].[HH].[HH].[HH].[HH].[HH].[HH]. The summed E-state index contributed by atoms with van der Waals surface area (Å²) >= 11 is 0. The first-order chi connectivity index (χ1) is 12.6. The lowest BCUT2D eigenvalue weighted by atomic mass is 10.2. The van der Waals surface area contributed by atoms with Crippen LogP contribution in [0.5, 0.6) is 0 Å². The van der Waals surface area contributed by atoms with Gasteiger partial charge in [0.15, 0.2) is 0 Å². The summed E-state index contributed by atoms with van der Waals surface area (Å²) in [5, 5.41) is 0. The van der Waals surface area contributed by atoms with Gasteiger partial charge < -0.3 is 16.2 Å². The first kappa shape index (κ1) is 19.3. The Bertz CT molecular complexity index is 1160. The lowest BCUT2D eigenvalue weighted by Crippen LogP contribution is -2.03. The molecule has 0 aromatic heterocycles. The van der Waals surface area contributed by atoms with E-state index in [-0.39, 0.29) is 29.8 Å². The molecule has 0 saturated heterocycles. The highest BCUT2D eigenvalue weighted by atomic mass is 16.5. The Kier molecular flexibility index (Phi) is 8.69. The van der Waals surface area contributed by atoms with Gasteiger partial charge in [0.05, 0.1) is 5.56 Å². The molecule has 0 heterocycles. The maximum absolute atomic E-state index is 11.7. The van der Waals surface area contributed by atoms with Gasteiger partial charge in [-0.15, -0.1) is 0 Å². The van der Waals surface area contributed by atoms with Crippen molar-refractivity contribution >= 4 is 17.3 Å². The molecule has 4 N–H and O–H groups in total. The highest BCUT2D eigenvalue weighted by Gasteiger charge is 2.07. The van der Waals surface area contributed by atoms with Crippen molar-refractivity contribution in [2.45, 2.75) is 6.92 Å². The largest absolute Gasteiger partial charge is 0.399 e. The third-order valence-corrected chi connectivity index (χ3v) is 2.22. The quantitative estimate of drug-likeness (QED) is 0.406. The topological polar surface area (TPSA) is 78.3 Å². The summed E-state index contributed by atoms with van der Waals surface area (Å²) < 4.78 is 4.71. The van der Waals surface area contributed by atoms with E-state index < -0.39 is 5.97 Å². The minimum Gasteiger partial charge on any atom is -0.399 e. The van der Waals surface area contributed by atoms with Crippen molar-refractivity contribution in [1.29, 1.82) is 0 Å². The highest BCUT2D eigenvalue weighted by Crippen LogP contribution is 2.14. The Morgan fingerprint density at radius 1 is 0.769 bits per heavy atom. The standard InChI is InChI=1S/C22H10N2O2.17H2/c1-2-3-4-5-6-7-8-9-10-11-12-13-14-15-26-22(25)19-16-20(23)18-21(24)17-19;;;;;;;;;;;;;;;;;/h16-18H,23-24H2,1H3;17*1H. The van der Waals surface area contributed by atoms with Crippen molar-refractivity contribution in [2.24, 2.45) is 0 Å². The molecule has 4 nitrogen and oxygen atoms in total. The third kappa shape index (κ3) is 8.60. The lowest BCUT2D eigenvalue weighted by molar-refractivity contribution is 0.0691. The van der Waals surface area contributed by atoms with Crippen LogP contribution < -0.4 is 11.5 Å². The molecule has 26 heavy (non-hydrogen) atoms. The molecule has 1 aromatic rings. The number of nitrogen functional groups attached to an aromatic ring is 2. The van der Waals surface area contributed by atoms with Crippen LogP contribution in [-0.2, 0) is 4.74 Å². The molecule has 0 unspecified atom stereocenters. The molecular weight excluding hydrogens is 324 g/mol. The molecule has 0 saturated carbocycles. The summed E-state index contributed by atoms with van der Waals surface area (Å²) in [6, 6.07) is 4.39. The van der Waals surface area contributed by atoms with Crippen LogP contribution in [0.3, 0.4) is 0 Å². The summed E-state index contributed by atoms with van der Waals surface area (Å²) in [5.74, 6) is 31.4. The number of anilines is 2. The normalized spacial score (nSPS) is 6.50. The summed E-state index contributed by atoms with van der Waals surface area (Å²) in [5.41, 5.74) is 12.1. The van der Waals surface area contributed by atoms with Crippen molar-refractivity contribution in [2.75, 3.05) is 11.5 Å². The second-order valence-electron chi connectivity index (χ2n) is 4.13. The average molecular weight is 369 g/mol. The zero-order valence-electron chi connectivity index (χ0n) is 13.7. The molecule has 0 fully saturated rings. The first-order valence-corrected chi connectivity index (χ1v) is 6.92. The molecule has 0 amide bonds. The molecule has 4 heteroatoms. The third-order valence-electron chi connectivity index (χ3n) is 2.22. The number of nitrogens with two attached hydrogens (primary N) is 2. The fraction of sp³-hybridized carbons (Fsp3) is 0.0455. The van der Waals surface area contributed by atoms with Crippen molar-refractivity contribution in [3.05, 3.63) is 23.8 Å². The van der Waals surface area contributed by atoms with E-state index in [0.29, 0.717) is 11.4 Å². The molecule has 0 spiro atoms. The number of hydrogen-bond acceptors (Lipinski definition) is 4. The van der Waals surface area contributed by atoms with E-state index in [4.69, 9.17) is 16.2 Å². The van der Waals surface area contributed by atoms with E-state index in [1.54, 1.807) is 6.92 Å². The van der Waals surface area contributed by atoms with Crippen LogP contribution in [0.15, 0.2) is 18.2 Å². The minimum absolute atomic E-state index is 0. The van der Waals surface area contributed by atoms with E-state index in [9.17, 15) is 4.79 Å². The summed E-state index contributed by atoms with van der Waals surface area (Å²) in [6.07, 6.45) is 2.15. The predicted octanol–water partition coefficient (Wildman–Crippen LogP) is 5.19. The molecule has 0 bridgehead atoms. The number of carbonyl (C=O) groups is 1. The Balaban J connectivity index is -0.0000000265. The summed E-state index contributed by atoms with van der Waals surface area (Å²) in [6.45, 7) is 1.68. The van der Waals surface area contributed by atoms with Crippen molar-refractivity contribution in [3.8, 4) is 83.1 Å². The van der Waals surface area contributed by atoms with Crippen LogP contribution >= 0.6 is 0 Å². The van der Waals surface area contributed by atoms with Gasteiger partial charge in [0.2, 0.25) is 0 Å². The number of benzene rings is 1. The maximum atomic E-state index is 11.7. The number of carbonyl (C=O) groups excluding carboxylic acids is 1. The Hall–Kier alpha value is -4.79. The number of rotatable bonds is 1. The monoisotopic (exact) mass is 368 g/mol. The van der Waals surface area contributed by atoms with E-state index in [1.165, 1.54) is 18.2 Å². The smallest absolute Gasteiger partial charge is 0.352 e. The number of hydrogen-bond donors (Lipinski definition) is 2. The molecule has 0 atom stereocenters. The van der Waals surface area contributed by atoms with Crippen molar-refractivity contribution in [3.63, 3.8) is 0 Å². The van der Waals surface area contributed by atoms with Crippen LogP contribution in [0.2, 0.25) is 0 Å². The van der Waals surface area contributed by atoms with Gasteiger partial charge in [0, 0.05) is 71.2 Å². The van der Waals surface area contributed by atoms with Crippen molar-refractivity contribution < 1.29 is 33.8 Å². The Morgan fingerprint density at radius 2 is 1.19 bits per heavy atom. The van der Waals surface area contributed by atoms with Crippen LogP contribution in [0.1, 0.15) is 41.5 Å². The van der Waals surface area contributed by atoms with Crippen LogP contribution in [0.4, 0.5) is 11.4 Å². The fourth-order valence-electron chi connectivity index (χ4n) is 1.33. The zero-order chi connectivity index (χ0) is 19.0. The molecule has 0 aliphatic heterocycles. The Morgan fingerprint density at radius 3 is 1.65 bits per heavy atom. The zero-order valence-corrected chi connectivity index (χ0v) is 13.7. The molecular formula is C22H44N2O2. The predicted molar refractivity (Wildman–Crippen MR) is 137 cm³/mol. The lowest BCUT2D eigenvalue weighted by Gasteiger charge is -2.00. The van der Waals surface area contributed by atoms with Crippen LogP contribution in [-0.4, -0.2) is 5.97 Å². The summed E-state index contributed by atoms with van der Waals surface area (Å²) in [4.78, 5) is 11.7. The molecule has 0 radical (unpaired) electrons. The molecule has 154 valence electrons. The summed E-state index contributed by atoms with van der Waals surface area (Å²) in [7, 11) is 0. The minimum atomic E-state index is -0.679. The molecule has 0 aliphatic carbocycles. The molecule has 1 rings (SSSR count). The van der Waals surface area contributed by atoms with Gasteiger partial charge in [-0.1, -0.05) is 5.92 Å². The second kappa shape index (κ2) is 11.7. The number of ether oxygens (including phenoxy) is 1. The van der Waals surface area contributed by atoms with Gasteiger partial charge in [-0.25, -0.2) is 4.79 Å².